The molecule has 1 fully saturated rings. The molecule has 2 aromatic rings. The zero-order valence-corrected chi connectivity index (χ0v) is 17.3. The Morgan fingerprint density at radius 1 is 1.15 bits per heavy atom. The Balaban J connectivity index is 1.87. The lowest BCUT2D eigenvalue weighted by atomic mass is 9.93. The van der Waals surface area contributed by atoms with E-state index in [4.69, 9.17) is 4.99 Å². The third kappa shape index (κ3) is 2.59. The summed E-state index contributed by atoms with van der Waals surface area (Å²) in [6.07, 6.45) is 1.88. The van der Waals surface area contributed by atoms with Gasteiger partial charge in [0, 0.05) is 41.0 Å². The van der Waals surface area contributed by atoms with E-state index in [1.807, 2.05) is 24.0 Å². The van der Waals surface area contributed by atoms with Crippen LogP contribution in [0.1, 0.15) is 67.1 Å². The molecule has 2 aromatic heterocycles. The van der Waals surface area contributed by atoms with Gasteiger partial charge in [-0.25, -0.2) is 0 Å². The maximum absolute atomic E-state index is 5.13. The second-order valence-electron chi connectivity index (χ2n) is 7.81. The predicted molar refractivity (Wildman–Crippen MR) is 110 cm³/mol. The number of thioether (sulfide) groups is 1. The van der Waals surface area contributed by atoms with Crippen LogP contribution >= 0.6 is 11.8 Å². The van der Waals surface area contributed by atoms with Crippen molar-refractivity contribution in [3.8, 4) is 0 Å². The average molecular weight is 369 g/mol. The lowest BCUT2D eigenvalue weighted by Gasteiger charge is -2.28. The quantitative estimate of drug-likeness (QED) is 0.766. The first-order chi connectivity index (χ1) is 12.4. The van der Waals surface area contributed by atoms with Crippen molar-refractivity contribution >= 4 is 16.9 Å². The molecule has 1 saturated heterocycles. The first kappa shape index (κ1) is 17.7. The summed E-state index contributed by atoms with van der Waals surface area (Å²) in [6, 6.07) is 6.96. The summed E-state index contributed by atoms with van der Waals surface area (Å²) in [5.41, 5.74) is 6.67. The number of aliphatic imine (C=N–C) groups is 1. The van der Waals surface area contributed by atoms with Gasteiger partial charge >= 0.3 is 0 Å². The minimum atomic E-state index is 0.0750. The first-order valence-corrected chi connectivity index (χ1v) is 10.4. The van der Waals surface area contributed by atoms with Crippen molar-refractivity contribution in [3.63, 3.8) is 0 Å². The molecule has 138 valence electrons. The van der Waals surface area contributed by atoms with Gasteiger partial charge in [0.2, 0.25) is 0 Å². The van der Waals surface area contributed by atoms with Crippen molar-refractivity contribution in [1.29, 1.82) is 0 Å². The van der Waals surface area contributed by atoms with Crippen LogP contribution in [0.15, 0.2) is 29.4 Å². The molecular weight excluding hydrogens is 340 g/mol. The Labute approximate surface area is 160 Å². The van der Waals surface area contributed by atoms with Crippen molar-refractivity contribution in [3.05, 3.63) is 52.6 Å². The molecule has 2 aliphatic rings. The van der Waals surface area contributed by atoms with E-state index in [2.05, 4.69) is 68.1 Å². The third-order valence-electron chi connectivity index (χ3n) is 5.75. The Bertz CT molecular complexity index is 853. The molecule has 0 saturated carbocycles. The molecule has 0 bridgehead atoms. The van der Waals surface area contributed by atoms with Crippen LogP contribution < -0.4 is 0 Å². The number of hydrogen-bond acceptors (Lipinski definition) is 4. The van der Waals surface area contributed by atoms with E-state index in [1.54, 1.807) is 0 Å². The zero-order chi connectivity index (χ0) is 18.6. The number of pyridine rings is 1. The number of aromatic nitrogens is 2. The number of rotatable bonds is 3. The van der Waals surface area contributed by atoms with Crippen LogP contribution in [0.2, 0.25) is 0 Å². The Morgan fingerprint density at radius 3 is 2.54 bits per heavy atom. The number of hydrogen-bond donors (Lipinski definition) is 0. The number of amidine groups is 1. The summed E-state index contributed by atoms with van der Waals surface area (Å²) in [5.74, 6) is 0. The van der Waals surface area contributed by atoms with Crippen molar-refractivity contribution in [2.24, 2.45) is 4.99 Å². The molecule has 4 nitrogen and oxygen atoms in total. The normalized spacial score (nSPS) is 25.1. The summed E-state index contributed by atoms with van der Waals surface area (Å²) < 4.78 is 2.48. The van der Waals surface area contributed by atoms with Gasteiger partial charge in [-0.05, 0) is 52.3 Å². The Morgan fingerprint density at radius 2 is 1.92 bits per heavy atom. The highest BCUT2D eigenvalue weighted by Crippen LogP contribution is 2.49. The van der Waals surface area contributed by atoms with Crippen molar-refractivity contribution in [2.75, 3.05) is 6.54 Å². The highest BCUT2D eigenvalue weighted by Gasteiger charge is 2.45. The van der Waals surface area contributed by atoms with E-state index in [0.717, 1.165) is 12.2 Å². The van der Waals surface area contributed by atoms with E-state index >= 15 is 0 Å². The molecule has 0 aromatic carbocycles. The van der Waals surface area contributed by atoms with Gasteiger partial charge in [-0.2, -0.15) is 0 Å². The molecule has 4 rings (SSSR count). The fourth-order valence-electron chi connectivity index (χ4n) is 4.67. The molecule has 0 radical (unpaired) electrons. The van der Waals surface area contributed by atoms with Crippen LogP contribution in [0.5, 0.6) is 0 Å². The van der Waals surface area contributed by atoms with Crippen molar-refractivity contribution in [1.82, 2.24) is 14.5 Å². The molecule has 0 N–H and O–H groups in total. The predicted octanol–water partition coefficient (Wildman–Crippen LogP) is 4.98. The monoisotopic (exact) mass is 368 g/mol. The van der Waals surface area contributed by atoms with E-state index in [0.29, 0.717) is 11.3 Å². The molecule has 0 aliphatic carbocycles. The van der Waals surface area contributed by atoms with E-state index in [9.17, 15) is 0 Å². The van der Waals surface area contributed by atoms with Gasteiger partial charge in [0.25, 0.3) is 0 Å². The van der Waals surface area contributed by atoms with Gasteiger partial charge < -0.3 is 9.47 Å². The maximum atomic E-state index is 5.13. The van der Waals surface area contributed by atoms with Crippen LogP contribution in [0.4, 0.5) is 0 Å². The summed E-state index contributed by atoms with van der Waals surface area (Å²) in [7, 11) is 0. The highest BCUT2D eigenvalue weighted by molar-refractivity contribution is 8.14. The van der Waals surface area contributed by atoms with Gasteiger partial charge in [0.1, 0.15) is 6.04 Å². The average Bonchev–Trinajstić information content (AvgIpc) is 3.18. The van der Waals surface area contributed by atoms with Gasteiger partial charge in [0.05, 0.1) is 11.7 Å². The standard InChI is InChI=1S/C21H28N4S/c1-12(2)25-15(5)14(4)18(16(25)6)20-19(17-9-7-8-10-22-17)23-21-24(20)11-13(3)26-21/h7-10,12-13,19-20H,11H2,1-6H3/t13-,19-,20-/m0/s1. The van der Waals surface area contributed by atoms with Crippen LogP contribution in [-0.4, -0.2) is 31.4 Å². The van der Waals surface area contributed by atoms with Crippen LogP contribution in [0, 0.1) is 20.8 Å². The maximum Gasteiger partial charge on any atom is 0.160 e. The minimum absolute atomic E-state index is 0.0750. The zero-order valence-electron chi connectivity index (χ0n) is 16.5. The SMILES string of the molecule is Cc1c([C@H]2[C@H](c3ccccn3)N=C3S[C@@H](C)CN32)c(C)n(C(C)C)c1C. The van der Waals surface area contributed by atoms with Crippen LogP contribution in [0.3, 0.4) is 0 Å². The Kier molecular flexibility index (Phi) is 4.38. The first-order valence-electron chi connectivity index (χ1n) is 9.50. The largest absolute Gasteiger partial charge is 0.346 e. The molecule has 2 aliphatic heterocycles. The topological polar surface area (TPSA) is 33.4 Å². The smallest absolute Gasteiger partial charge is 0.160 e. The van der Waals surface area contributed by atoms with E-state index in [-0.39, 0.29) is 12.1 Å². The van der Waals surface area contributed by atoms with Gasteiger partial charge in [0.15, 0.2) is 5.17 Å². The Hall–Kier alpha value is -1.75. The van der Waals surface area contributed by atoms with Crippen LogP contribution in [-0.2, 0) is 0 Å². The van der Waals surface area contributed by atoms with Crippen LogP contribution in [0.25, 0.3) is 0 Å². The summed E-state index contributed by atoms with van der Waals surface area (Å²) >= 11 is 1.90. The fourth-order valence-corrected chi connectivity index (χ4v) is 5.76. The molecule has 3 atom stereocenters. The molecule has 0 spiro atoms. The summed E-state index contributed by atoms with van der Waals surface area (Å²) in [6.45, 7) is 14.7. The molecule has 0 unspecified atom stereocenters. The fraction of sp³-hybridized carbons (Fsp3) is 0.524. The third-order valence-corrected chi connectivity index (χ3v) is 6.85. The van der Waals surface area contributed by atoms with Crippen molar-refractivity contribution < 1.29 is 0 Å². The lowest BCUT2D eigenvalue weighted by molar-refractivity contribution is 0.318. The summed E-state index contributed by atoms with van der Waals surface area (Å²) in [5, 5.41) is 1.78. The lowest BCUT2D eigenvalue weighted by Crippen LogP contribution is -2.29. The van der Waals surface area contributed by atoms with Gasteiger partial charge in [-0.3, -0.25) is 9.98 Å². The second kappa shape index (κ2) is 6.45. The van der Waals surface area contributed by atoms with Gasteiger partial charge in [-0.15, -0.1) is 0 Å². The van der Waals surface area contributed by atoms with Gasteiger partial charge in [-0.1, -0.05) is 24.8 Å². The van der Waals surface area contributed by atoms with Crippen molar-refractivity contribution in [2.45, 2.75) is 64.9 Å². The molecule has 4 heterocycles. The number of nitrogens with zero attached hydrogens (tertiary/aromatic N) is 4. The number of fused-ring (bicyclic) bond motifs is 1. The molecular formula is C21H28N4S. The summed E-state index contributed by atoms with van der Waals surface area (Å²) in [4.78, 5) is 12.3. The minimum Gasteiger partial charge on any atom is -0.346 e. The highest BCUT2D eigenvalue weighted by atomic mass is 32.2. The molecule has 26 heavy (non-hydrogen) atoms. The van der Waals surface area contributed by atoms with E-state index < -0.39 is 0 Å². The second-order valence-corrected chi connectivity index (χ2v) is 9.22. The van der Waals surface area contributed by atoms with E-state index in [1.165, 1.54) is 27.7 Å². The molecule has 5 heteroatoms. The molecule has 0 amide bonds.